The molecule has 0 unspecified atom stereocenters. The van der Waals surface area contributed by atoms with Crippen molar-refractivity contribution in [2.45, 2.75) is 64.8 Å². The van der Waals surface area contributed by atoms with E-state index in [-0.39, 0.29) is 6.03 Å². The zero-order chi connectivity index (χ0) is 16.4. The fourth-order valence-electron chi connectivity index (χ4n) is 4.45. The van der Waals surface area contributed by atoms with E-state index in [1.54, 1.807) is 0 Å². The van der Waals surface area contributed by atoms with Gasteiger partial charge in [-0.25, -0.2) is 4.79 Å². The van der Waals surface area contributed by atoms with Gasteiger partial charge in [0.1, 0.15) is 0 Å². The van der Waals surface area contributed by atoms with E-state index in [1.807, 2.05) is 18.7 Å². The number of urea groups is 1. The minimum absolute atomic E-state index is 0.138. The van der Waals surface area contributed by atoms with Gasteiger partial charge in [-0.1, -0.05) is 12.8 Å². The number of hydrogen-bond acceptors (Lipinski definition) is 2. The molecule has 0 aromatic carbocycles. The number of hydrogen-bond donors (Lipinski definition) is 1. The molecule has 1 aromatic heterocycles. The molecular weight excluding hydrogens is 288 g/mol. The van der Waals surface area contributed by atoms with Crippen LogP contribution in [0.2, 0.25) is 0 Å². The molecule has 1 saturated carbocycles. The summed E-state index contributed by atoms with van der Waals surface area (Å²) >= 11 is 0. The first kappa shape index (κ1) is 16.3. The molecular formula is C18H30N4O. The molecule has 1 saturated heterocycles. The van der Waals surface area contributed by atoms with Crippen LogP contribution >= 0.6 is 0 Å². The van der Waals surface area contributed by atoms with Crippen molar-refractivity contribution in [3.8, 4) is 0 Å². The van der Waals surface area contributed by atoms with E-state index in [2.05, 4.69) is 22.2 Å². The van der Waals surface area contributed by atoms with Gasteiger partial charge in [0.15, 0.2) is 0 Å². The quantitative estimate of drug-likeness (QED) is 0.928. The first-order valence-corrected chi connectivity index (χ1v) is 9.11. The molecule has 1 aliphatic heterocycles. The molecule has 3 rings (SSSR count). The van der Waals surface area contributed by atoms with E-state index in [1.165, 1.54) is 43.4 Å². The lowest BCUT2D eigenvalue weighted by molar-refractivity contribution is 0.173. The molecule has 1 N–H and O–H groups in total. The molecule has 1 atom stereocenters. The number of nitrogens with one attached hydrogen (secondary N) is 1. The van der Waals surface area contributed by atoms with Gasteiger partial charge in [0.25, 0.3) is 0 Å². The summed E-state index contributed by atoms with van der Waals surface area (Å²) in [7, 11) is 1.97. The molecule has 23 heavy (non-hydrogen) atoms. The van der Waals surface area contributed by atoms with E-state index in [4.69, 9.17) is 0 Å². The van der Waals surface area contributed by atoms with Gasteiger partial charge < -0.3 is 10.2 Å². The number of amides is 2. The fraction of sp³-hybridized carbons (Fsp3) is 0.778. The number of rotatable bonds is 4. The summed E-state index contributed by atoms with van der Waals surface area (Å²) < 4.78 is 1.92. The van der Waals surface area contributed by atoms with Crippen LogP contribution in [0.5, 0.6) is 0 Å². The second-order valence-corrected chi connectivity index (χ2v) is 7.20. The maximum Gasteiger partial charge on any atom is 0.317 e. The third-order valence-electron chi connectivity index (χ3n) is 5.81. The Bertz CT molecular complexity index is 560. The molecule has 2 fully saturated rings. The van der Waals surface area contributed by atoms with Crippen LogP contribution < -0.4 is 5.32 Å². The van der Waals surface area contributed by atoms with Crippen molar-refractivity contribution in [1.29, 1.82) is 0 Å². The second-order valence-electron chi connectivity index (χ2n) is 7.20. The molecule has 5 nitrogen and oxygen atoms in total. The van der Waals surface area contributed by atoms with Gasteiger partial charge >= 0.3 is 6.03 Å². The Balaban J connectivity index is 1.52. The Morgan fingerprint density at radius 1 is 1.22 bits per heavy atom. The van der Waals surface area contributed by atoms with Crippen LogP contribution in [0.4, 0.5) is 4.79 Å². The van der Waals surface area contributed by atoms with Crippen LogP contribution in [-0.4, -0.2) is 39.8 Å². The first-order valence-electron chi connectivity index (χ1n) is 9.11. The summed E-state index contributed by atoms with van der Waals surface area (Å²) in [5, 5.41) is 7.58. The highest BCUT2D eigenvalue weighted by Crippen LogP contribution is 2.35. The van der Waals surface area contributed by atoms with E-state index in [0.29, 0.717) is 12.6 Å². The maximum absolute atomic E-state index is 12.6. The zero-order valence-electron chi connectivity index (χ0n) is 14.8. The first-order chi connectivity index (χ1) is 11.1. The van der Waals surface area contributed by atoms with Crippen molar-refractivity contribution < 1.29 is 4.79 Å². The largest absolute Gasteiger partial charge is 0.338 e. The Morgan fingerprint density at radius 2 is 1.96 bits per heavy atom. The van der Waals surface area contributed by atoms with Crippen LogP contribution in [-0.2, 0) is 13.5 Å². The maximum atomic E-state index is 12.6. The highest BCUT2D eigenvalue weighted by molar-refractivity contribution is 5.74. The van der Waals surface area contributed by atoms with Crippen LogP contribution in [0.25, 0.3) is 0 Å². The topological polar surface area (TPSA) is 50.2 Å². The number of carbonyl (C=O) groups is 1. The van der Waals surface area contributed by atoms with Crippen molar-refractivity contribution in [3.05, 3.63) is 17.0 Å². The van der Waals surface area contributed by atoms with Gasteiger partial charge in [0.2, 0.25) is 0 Å². The SMILES string of the molecule is Cc1nn(C)c(C)c1CCNC(=O)N1CCC[C@@H]1C1CCCC1. The summed E-state index contributed by atoms with van der Waals surface area (Å²) in [5.41, 5.74) is 3.53. The van der Waals surface area contributed by atoms with E-state index >= 15 is 0 Å². The summed E-state index contributed by atoms with van der Waals surface area (Å²) in [6.45, 7) is 5.76. The van der Waals surface area contributed by atoms with Gasteiger partial charge in [-0.15, -0.1) is 0 Å². The van der Waals surface area contributed by atoms with Crippen LogP contribution in [0.3, 0.4) is 0 Å². The molecule has 1 aromatic rings. The molecule has 2 amide bonds. The lowest BCUT2D eigenvalue weighted by atomic mass is 9.96. The third-order valence-corrected chi connectivity index (χ3v) is 5.81. The number of carbonyl (C=O) groups excluding carboxylic acids is 1. The van der Waals surface area contributed by atoms with Crippen LogP contribution in [0, 0.1) is 19.8 Å². The highest BCUT2D eigenvalue weighted by atomic mass is 16.2. The van der Waals surface area contributed by atoms with Crippen molar-refractivity contribution in [2.75, 3.05) is 13.1 Å². The van der Waals surface area contributed by atoms with E-state index in [0.717, 1.165) is 31.0 Å². The number of likely N-dealkylation sites (tertiary alicyclic amines) is 1. The third kappa shape index (κ3) is 3.38. The van der Waals surface area contributed by atoms with Gasteiger partial charge in [-0.2, -0.15) is 5.10 Å². The van der Waals surface area contributed by atoms with Crippen molar-refractivity contribution in [2.24, 2.45) is 13.0 Å². The van der Waals surface area contributed by atoms with Crippen molar-refractivity contribution >= 4 is 6.03 Å². The number of aryl methyl sites for hydroxylation is 2. The predicted molar refractivity (Wildman–Crippen MR) is 91.5 cm³/mol. The molecule has 5 heteroatoms. The summed E-state index contributed by atoms with van der Waals surface area (Å²) in [6.07, 6.45) is 8.52. The Kier molecular flexibility index (Phi) is 4.93. The number of nitrogens with zero attached hydrogens (tertiary/aromatic N) is 3. The van der Waals surface area contributed by atoms with Crippen LogP contribution in [0.15, 0.2) is 0 Å². The average Bonchev–Trinajstić information content (AvgIpc) is 3.23. The fourth-order valence-corrected chi connectivity index (χ4v) is 4.45. The molecule has 128 valence electrons. The zero-order valence-corrected chi connectivity index (χ0v) is 14.8. The second kappa shape index (κ2) is 6.93. The average molecular weight is 318 g/mol. The summed E-state index contributed by atoms with van der Waals surface area (Å²) in [4.78, 5) is 14.7. The van der Waals surface area contributed by atoms with Gasteiger partial charge in [-0.3, -0.25) is 4.68 Å². The Labute approximate surface area is 139 Å². The number of aromatic nitrogens is 2. The molecule has 2 aliphatic rings. The van der Waals surface area contributed by atoms with Crippen molar-refractivity contribution in [1.82, 2.24) is 20.0 Å². The smallest absolute Gasteiger partial charge is 0.317 e. The highest BCUT2D eigenvalue weighted by Gasteiger charge is 2.35. The lowest BCUT2D eigenvalue weighted by Crippen LogP contribution is -2.45. The summed E-state index contributed by atoms with van der Waals surface area (Å²) in [6, 6.07) is 0.623. The van der Waals surface area contributed by atoms with Crippen LogP contribution in [0.1, 0.15) is 55.5 Å². The van der Waals surface area contributed by atoms with Crippen molar-refractivity contribution in [3.63, 3.8) is 0 Å². The van der Waals surface area contributed by atoms with Gasteiger partial charge in [0.05, 0.1) is 5.69 Å². The van der Waals surface area contributed by atoms with Gasteiger partial charge in [0, 0.05) is 31.9 Å². The monoisotopic (exact) mass is 318 g/mol. The van der Waals surface area contributed by atoms with E-state index < -0.39 is 0 Å². The lowest BCUT2D eigenvalue weighted by Gasteiger charge is -2.29. The van der Waals surface area contributed by atoms with E-state index in [9.17, 15) is 4.79 Å². The molecule has 0 spiro atoms. The molecule has 1 aliphatic carbocycles. The molecule has 2 heterocycles. The van der Waals surface area contributed by atoms with Gasteiger partial charge in [-0.05, 0) is 57.4 Å². The summed E-state index contributed by atoms with van der Waals surface area (Å²) in [5.74, 6) is 0.742. The Morgan fingerprint density at radius 3 is 2.61 bits per heavy atom. The Hall–Kier alpha value is -1.52. The minimum atomic E-state index is 0.138. The normalized spacial score (nSPS) is 22.0. The minimum Gasteiger partial charge on any atom is -0.338 e. The predicted octanol–water partition coefficient (Wildman–Crippen LogP) is 2.94. The molecule has 0 bridgehead atoms. The standard InChI is InChI=1S/C18H30N4O/c1-13-16(14(2)21(3)20-13)10-11-19-18(23)22-12-6-9-17(22)15-7-4-5-8-15/h15,17H,4-12H2,1-3H3,(H,19,23)/t17-/m1/s1. The molecule has 0 radical (unpaired) electrons.